The molecule has 1 fully saturated rings. The SMILES string of the molecule is C[NH2+]N(C=CN)Cc1ccc(C(=O)Nc2cccnc2C(=O)NCC2CCCCN2)c2ccccc12. The van der Waals surface area contributed by atoms with Gasteiger partial charge in [0.05, 0.1) is 25.5 Å². The molecule has 2 aromatic carbocycles. The summed E-state index contributed by atoms with van der Waals surface area (Å²) in [7, 11) is 1.94. The highest BCUT2D eigenvalue weighted by Crippen LogP contribution is 2.25. The Morgan fingerprint density at radius 2 is 1.97 bits per heavy atom. The number of carbonyl (C=O) groups is 2. The smallest absolute Gasteiger partial charge is 0.272 e. The monoisotopic (exact) mass is 488 g/mol. The van der Waals surface area contributed by atoms with Crippen molar-refractivity contribution in [3.05, 3.63) is 83.9 Å². The molecule has 1 aliphatic heterocycles. The maximum absolute atomic E-state index is 13.4. The lowest BCUT2D eigenvalue weighted by Gasteiger charge is -2.23. The molecule has 7 N–H and O–H groups in total. The summed E-state index contributed by atoms with van der Waals surface area (Å²) in [5.41, 5.74) is 9.68. The van der Waals surface area contributed by atoms with Gasteiger partial charge in [0.2, 0.25) is 0 Å². The first kappa shape index (κ1) is 25.2. The second-order valence-corrected chi connectivity index (χ2v) is 8.80. The third-order valence-corrected chi connectivity index (χ3v) is 6.41. The highest BCUT2D eigenvalue weighted by atomic mass is 16.2. The number of nitrogens with zero attached hydrogens (tertiary/aromatic N) is 2. The fourth-order valence-corrected chi connectivity index (χ4v) is 4.51. The number of rotatable bonds is 9. The van der Waals surface area contributed by atoms with Crippen molar-refractivity contribution in [2.45, 2.75) is 31.8 Å². The molecule has 3 aromatic rings. The average Bonchev–Trinajstić information content (AvgIpc) is 2.92. The maximum Gasteiger partial charge on any atom is 0.272 e. The van der Waals surface area contributed by atoms with Crippen LogP contribution in [-0.4, -0.2) is 48.0 Å². The number of fused-ring (bicyclic) bond motifs is 1. The third-order valence-electron chi connectivity index (χ3n) is 6.41. The van der Waals surface area contributed by atoms with Crippen molar-refractivity contribution in [1.82, 2.24) is 20.6 Å². The van der Waals surface area contributed by atoms with Gasteiger partial charge >= 0.3 is 0 Å². The number of aromatic nitrogens is 1. The van der Waals surface area contributed by atoms with Crippen LogP contribution in [0.25, 0.3) is 10.8 Å². The number of piperidine rings is 1. The number of nitrogens with one attached hydrogen (secondary N) is 3. The zero-order valence-electron chi connectivity index (χ0n) is 20.5. The first-order valence-corrected chi connectivity index (χ1v) is 12.3. The van der Waals surface area contributed by atoms with Gasteiger partial charge in [-0.3, -0.25) is 9.59 Å². The van der Waals surface area contributed by atoms with E-state index in [0.29, 0.717) is 24.3 Å². The van der Waals surface area contributed by atoms with Crippen molar-refractivity contribution in [1.29, 1.82) is 0 Å². The van der Waals surface area contributed by atoms with E-state index in [4.69, 9.17) is 5.73 Å². The summed E-state index contributed by atoms with van der Waals surface area (Å²) in [6.45, 7) is 2.12. The van der Waals surface area contributed by atoms with Crippen LogP contribution in [0, 0.1) is 0 Å². The minimum Gasteiger partial charge on any atom is -0.403 e. The summed E-state index contributed by atoms with van der Waals surface area (Å²) in [4.78, 5) is 30.5. The average molecular weight is 489 g/mol. The predicted octanol–water partition coefficient (Wildman–Crippen LogP) is 1.70. The molecule has 4 rings (SSSR count). The van der Waals surface area contributed by atoms with Gasteiger partial charge in [-0.2, -0.15) is 0 Å². The Kier molecular flexibility index (Phi) is 8.48. The zero-order valence-corrected chi connectivity index (χ0v) is 20.5. The molecular formula is C27H34N7O2+. The van der Waals surface area contributed by atoms with Crippen molar-refractivity contribution >= 4 is 28.3 Å². The molecule has 0 spiro atoms. The molecule has 1 unspecified atom stereocenters. The normalized spacial score (nSPS) is 15.6. The molecule has 0 bridgehead atoms. The number of pyridine rings is 1. The minimum absolute atomic E-state index is 0.199. The lowest BCUT2D eigenvalue weighted by Crippen LogP contribution is -2.88. The standard InChI is InChI=1S/C27H33N7O2/c1-29-34(16-13-28)18-19-11-12-23(22-9-3-2-8-21(19)22)26(35)33-24-10-6-15-31-25(24)27(36)32-17-20-7-4-5-14-30-20/h2-3,6,8-13,15-16,20,29-30H,4-5,7,14,17-18,28H2,1H3,(H,32,36)(H,33,35)/p+1. The van der Waals surface area contributed by atoms with Crippen LogP contribution >= 0.6 is 0 Å². The zero-order chi connectivity index (χ0) is 25.3. The van der Waals surface area contributed by atoms with Gasteiger partial charge in [-0.25, -0.2) is 15.4 Å². The van der Waals surface area contributed by atoms with E-state index in [1.807, 2.05) is 53.9 Å². The second-order valence-electron chi connectivity index (χ2n) is 8.80. The number of hydrogen-bond donors (Lipinski definition) is 5. The summed E-state index contributed by atoms with van der Waals surface area (Å²) in [5, 5.41) is 13.1. The van der Waals surface area contributed by atoms with Crippen LogP contribution in [0.1, 0.15) is 45.7 Å². The fraction of sp³-hybridized carbons (Fsp3) is 0.296. The fourth-order valence-electron chi connectivity index (χ4n) is 4.51. The minimum atomic E-state index is -0.303. The van der Waals surface area contributed by atoms with Gasteiger partial charge in [0.1, 0.15) is 0 Å². The topological polar surface area (TPSA) is 129 Å². The molecule has 9 heteroatoms. The highest BCUT2D eigenvalue weighted by molar-refractivity contribution is 6.15. The number of quaternary nitrogens is 1. The molecule has 0 aliphatic carbocycles. The van der Waals surface area contributed by atoms with Crippen molar-refractivity contribution < 1.29 is 15.0 Å². The third kappa shape index (κ3) is 5.99. The van der Waals surface area contributed by atoms with Gasteiger partial charge in [-0.05, 0) is 53.9 Å². The number of nitrogens with two attached hydrogens (primary N) is 2. The van der Waals surface area contributed by atoms with Gasteiger partial charge in [-0.1, -0.05) is 36.8 Å². The van der Waals surface area contributed by atoms with E-state index < -0.39 is 0 Å². The lowest BCUT2D eigenvalue weighted by atomic mass is 9.98. The van der Waals surface area contributed by atoms with Crippen LogP contribution in [0.15, 0.2) is 67.1 Å². The van der Waals surface area contributed by atoms with E-state index in [0.717, 1.165) is 42.1 Å². The van der Waals surface area contributed by atoms with Gasteiger partial charge in [0, 0.05) is 30.5 Å². The molecule has 1 aromatic heterocycles. The molecule has 0 saturated carbocycles. The molecule has 1 atom stereocenters. The second kappa shape index (κ2) is 12.1. The van der Waals surface area contributed by atoms with E-state index in [2.05, 4.69) is 20.9 Å². The molecular weight excluding hydrogens is 454 g/mol. The Morgan fingerprint density at radius 3 is 2.72 bits per heavy atom. The Morgan fingerprint density at radius 1 is 1.14 bits per heavy atom. The largest absolute Gasteiger partial charge is 0.403 e. The molecule has 2 heterocycles. The quantitative estimate of drug-likeness (QED) is 0.230. The van der Waals surface area contributed by atoms with Gasteiger partial charge < -0.3 is 21.7 Å². The van der Waals surface area contributed by atoms with Crippen LogP contribution in [0.2, 0.25) is 0 Å². The number of anilines is 1. The van der Waals surface area contributed by atoms with Crippen molar-refractivity contribution in [3.8, 4) is 0 Å². The van der Waals surface area contributed by atoms with Crippen LogP contribution in [0.3, 0.4) is 0 Å². The van der Waals surface area contributed by atoms with E-state index in [1.165, 1.54) is 6.20 Å². The molecule has 9 nitrogen and oxygen atoms in total. The van der Waals surface area contributed by atoms with Gasteiger partial charge in [0.25, 0.3) is 11.8 Å². The molecule has 2 amide bonds. The summed E-state index contributed by atoms with van der Waals surface area (Å²) in [5.74, 6) is -0.600. The Bertz CT molecular complexity index is 1240. The van der Waals surface area contributed by atoms with Gasteiger partial charge in [0.15, 0.2) is 5.69 Å². The molecule has 36 heavy (non-hydrogen) atoms. The van der Waals surface area contributed by atoms with E-state index >= 15 is 0 Å². The summed E-state index contributed by atoms with van der Waals surface area (Å²) in [6.07, 6.45) is 8.21. The summed E-state index contributed by atoms with van der Waals surface area (Å²) >= 11 is 0. The predicted molar refractivity (Wildman–Crippen MR) is 141 cm³/mol. The number of carbonyl (C=O) groups excluding carboxylic acids is 2. The Hall–Kier alpha value is -3.95. The molecule has 0 radical (unpaired) electrons. The van der Waals surface area contributed by atoms with Crippen molar-refractivity contribution in [2.24, 2.45) is 5.73 Å². The Labute approximate surface area is 211 Å². The number of hydrogen-bond acceptors (Lipinski definition) is 6. The first-order valence-electron chi connectivity index (χ1n) is 12.3. The number of benzene rings is 2. The van der Waals surface area contributed by atoms with Crippen molar-refractivity contribution in [2.75, 3.05) is 25.5 Å². The van der Waals surface area contributed by atoms with Crippen LogP contribution in [-0.2, 0) is 6.54 Å². The van der Waals surface area contributed by atoms with Crippen LogP contribution in [0.5, 0.6) is 0 Å². The molecule has 188 valence electrons. The molecule has 1 saturated heterocycles. The number of amides is 2. The summed E-state index contributed by atoms with van der Waals surface area (Å²) < 4.78 is 0. The first-order chi connectivity index (χ1) is 17.6. The maximum atomic E-state index is 13.4. The van der Waals surface area contributed by atoms with Crippen LogP contribution < -0.4 is 27.1 Å². The van der Waals surface area contributed by atoms with Crippen molar-refractivity contribution in [3.63, 3.8) is 0 Å². The van der Waals surface area contributed by atoms with Gasteiger partial charge in [-0.15, -0.1) is 0 Å². The molecule has 1 aliphatic rings. The highest BCUT2D eigenvalue weighted by Gasteiger charge is 2.20. The Balaban J connectivity index is 1.54. The van der Waals surface area contributed by atoms with E-state index in [9.17, 15) is 9.59 Å². The summed E-state index contributed by atoms with van der Waals surface area (Å²) in [6, 6.07) is 15.2. The van der Waals surface area contributed by atoms with E-state index in [1.54, 1.807) is 24.5 Å². The van der Waals surface area contributed by atoms with E-state index in [-0.39, 0.29) is 23.6 Å². The van der Waals surface area contributed by atoms with Crippen LogP contribution in [0.4, 0.5) is 5.69 Å². The lowest BCUT2D eigenvalue weighted by molar-refractivity contribution is -0.773.